The number of anilines is 1. The van der Waals surface area contributed by atoms with E-state index < -0.39 is 23.2 Å². The SMILES string of the molecule is Cc1ccc2nc(NC(=O)c3ccccc3C(F)(F)F)sc2c1. The highest BCUT2D eigenvalue weighted by Gasteiger charge is 2.34. The number of thiazole rings is 1. The predicted molar refractivity (Wildman–Crippen MR) is 83.8 cm³/mol. The largest absolute Gasteiger partial charge is 0.417 e. The van der Waals surface area contributed by atoms with Crippen molar-refractivity contribution in [3.8, 4) is 0 Å². The van der Waals surface area contributed by atoms with E-state index in [2.05, 4.69) is 10.3 Å². The molecule has 0 aliphatic heterocycles. The number of nitrogens with one attached hydrogen (secondary N) is 1. The molecule has 1 amide bonds. The summed E-state index contributed by atoms with van der Waals surface area (Å²) in [5.41, 5.74) is 0.353. The second-order valence-electron chi connectivity index (χ2n) is 4.99. The van der Waals surface area contributed by atoms with Gasteiger partial charge >= 0.3 is 6.18 Å². The van der Waals surface area contributed by atoms with E-state index in [0.29, 0.717) is 5.52 Å². The van der Waals surface area contributed by atoms with Gasteiger partial charge in [-0.2, -0.15) is 13.2 Å². The highest BCUT2D eigenvalue weighted by atomic mass is 32.1. The molecule has 0 spiro atoms. The topological polar surface area (TPSA) is 42.0 Å². The molecule has 3 aromatic rings. The smallest absolute Gasteiger partial charge is 0.298 e. The predicted octanol–water partition coefficient (Wildman–Crippen LogP) is 4.88. The maximum atomic E-state index is 13.0. The fraction of sp³-hybridized carbons (Fsp3) is 0.125. The zero-order valence-electron chi connectivity index (χ0n) is 11.9. The number of fused-ring (bicyclic) bond motifs is 1. The highest BCUT2D eigenvalue weighted by molar-refractivity contribution is 7.22. The molecule has 0 saturated carbocycles. The molecule has 0 aliphatic rings. The summed E-state index contributed by atoms with van der Waals surface area (Å²) in [6.45, 7) is 1.93. The van der Waals surface area contributed by atoms with Gasteiger partial charge in [-0.15, -0.1) is 0 Å². The Balaban J connectivity index is 1.92. The zero-order chi connectivity index (χ0) is 16.6. The molecular weight excluding hydrogens is 325 g/mol. The van der Waals surface area contributed by atoms with E-state index in [1.54, 1.807) is 6.07 Å². The Bertz CT molecular complexity index is 886. The fourth-order valence-corrected chi connectivity index (χ4v) is 3.14. The number of rotatable bonds is 2. The minimum Gasteiger partial charge on any atom is -0.298 e. The Morgan fingerprint density at radius 3 is 2.65 bits per heavy atom. The van der Waals surface area contributed by atoms with Gasteiger partial charge in [0.2, 0.25) is 0 Å². The lowest BCUT2D eigenvalue weighted by Crippen LogP contribution is -2.18. The average molecular weight is 336 g/mol. The Hall–Kier alpha value is -2.41. The quantitative estimate of drug-likeness (QED) is 0.725. The number of hydrogen-bond acceptors (Lipinski definition) is 3. The lowest BCUT2D eigenvalue weighted by atomic mass is 10.1. The van der Waals surface area contributed by atoms with Crippen molar-refractivity contribution < 1.29 is 18.0 Å². The second-order valence-corrected chi connectivity index (χ2v) is 6.02. The van der Waals surface area contributed by atoms with Crippen LogP contribution in [-0.2, 0) is 6.18 Å². The van der Waals surface area contributed by atoms with Crippen LogP contribution in [0, 0.1) is 6.92 Å². The summed E-state index contributed by atoms with van der Waals surface area (Å²) in [5, 5.41) is 2.72. The molecule has 0 atom stereocenters. The maximum absolute atomic E-state index is 13.0. The number of amides is 1. The van der Waals surface area contributed by atoms with E-state index in [1.165, 1.54) is 23.5 Å². The molecule has 7 heteroatoms. The summed E-state index contributed by atoms with van der Waals surface area (Å²) in [6, 6.07) is 10.3. The summed E-state index contributed by atoms with van der Waals surface area (Å²) < 4.78 is 39.8. The van der Waals surface area contributed by atoms with Crippen molar-refractivity contribution in [1.29, 1.82) is 0 Å². The summed E-state index contributed by atoms with van der Waals surface area (Å²) >= 11 is 1.22. The molecule has 1 heterocycles. The van der Waals surface area contributed by atoms with Crippen LogP contribution in [0.3, 0.4) is 0 Å². The first-order chi connectivity index (χ1) is 10.8. The van der Waals surface area contributed by atoms with Crippen LogP contribution < -0.4 is 5.32 Å². The van der Waals surface area contributed by atoms with Gasteiger partial charge in [-0.3, -0.25) is 10.1 Å². The van der Waals surface area contributed by atoms with E-state index in [-0.39, 0.29) is 5.13 Å². The van der Waals surface area contributed by atoms with Crippen LogP contribution in [0.25, 0.3) is 10.2 Å². The Kier molecular flexibility index (Phi) is 3.81. The van der Waals surface area contributed by atoms with Gasteiger partial charge in [0.25, 0.3) is 5.91 Å². The van der Waals surface area contributed by atoms with E-state index in [0.717, 1.165) is 22.4 Å². The molecule has 0 saturated heterocycles. The first-order valence-corrected chi connectivity index (χ1v) is 7.51. The van der Waals surface area contributed by atoms with Gasteiger partial charge in [-0.1, -0.05) is 29.5 Å². The summed E-state index contributed by atoms with van der Waals surface area (Å²) in [7, 11) is 0. The monoisotopic (exact) mass is 336 g/mol. The lowest BCUT2D eigenvalue weighted by molar-refractivity contribution is -0.137. The van der Waals surface area contributed by atoms with Gasteiger partial charge in [-0.05, 0) is 36.8 Å². The number of benzene rings is 2. The maximum Gasteiger partial charge on any atom is 0.417 e. The van der Waals surface area contributed by atoms with Gasteiger partial charge in [0.05, 0.1) is 21.3 Å². The number of hydrogen-bond donors (Lipinski definition) is 1. The Morgan fingerprint density at radius 2 is 1.91 bits per heavy atom. The first kappa shape index (κ1) is 15.5. The van der Waals surface area contributed by atoms with Crippen molar-refractivity contribution in [3.05, 3.63) is 59.2 Å². The standard InChI is InChI=1S/C16H11F3N2OS/c1-9-6-7-12-13(8-9)23-15(20-12)21-14(22)10-4-2-3-5-11(10)16(17,18)19/h2-8H,1H3,(H,20,21,22). The van der Waals surface area contributed by atoms with Crippen molar-refractivity contribution >= 4 is 32.6 Å². The number of alkyl halides is 3. The molecule has 1 aromatic heterocycles. The minimum atomic E-state index is -4.58. The third kappa shape index (κ3) is 3.19. The number of aryl methyl sites for hydroxylation is 1. The molecule has 3 rings (SSSR count). The minimum absolute atomic E-state index is 0.271. The van der Waals surface area contributed by atoms with E-state index in [9.17, 15) is 18.0 Å². The van der Waals surface area contributed by atoms with Gasteiger partial charge in [0.1, 0.15) is 0 Å². The molecule has 0 aliphatic carbocycles. The van der Waals surface area contributed by atoms with Gasteiger partial charge in [0.15, 0.2) is 5.13 Å². The van der Waals surface area contributed by atoms with Crippen LogP contribution in [0.2, 0.25) is 0 Å². The molecule has 1 N–H and O–H groups in total. The van der Waals surface area contributed by atoms with Crippen LogP contribution in [0.15, 0.2) is 42.5 Å². The number of carbonyl (C=O) groups is 1. The van der Waals surface area contributed by atoms with Crippen LogP contribution in [0.4, 0.5) is 18.3 Å². The molecular formula is C16H11F3N2OS. The van der Waals surface area contributed by atoms with Crippen molar-refractivity contribution in [2.45, 2.75) is 13.1 Å². The highest BCUT2D eigenvalue weighted by Crippen LogP contribution is 2.33. The third-order valence-electron chi connectivity index (χ3n) is 3.24. The number of carbonyl (C=O) groups excluding carboxylic acids is 1. The molecule has 0 unspecified atom stereocenters. The Morgan fingerprint density at radius 1 is 1.17 bits per heavy atom. The fourth-order valence-electron chi connectivity index (χ4n) is 2.18. The normalized spacial score (nSPS) is 11.7. The van der Waals surface area contributed by atoms with Gasteiger partial charge in [-0.25, -0.2) is 4.98 Å². The number of halogens is 3. The summed E-state index contributed by atoms with van der Waals surface area (Å²) in [4.78, 5) is 16.4. The Labute approximate surface area is 133 Å². The second kappa shape index (κ2) is 5.66. The van der Waals surface area contributed by atoms with Crippen molar-refractivity contribution in [2.24, 2.45) is 0 Å². The molecule has 2 aromatic carbocycles. The third-order valence-corrected chi connectivity index (χ3v) is 4.18. The van der Waals surface area contributed by atoms with Crippen LogP contribution in [0.1, 0.15) is 21.5 Å². The van der Waals surface area contributed by atoms with Crippen molar-refractivity contribution in [2.75, 3.05) is 5.32 Å². The molecule has 118 valence electrons. The lowest BCUT2D eigenvalue weighted by Gasteiger charge is -2.11. The van der Waals surface area contributed by atoms with Crippen LogP contribution in [-0.4, -0.2) is 10.9 Å². The van der Waals surface area contributed by atoms with E-state index >= 15 is 0 Å². The van der Waals surface area contributed by atoms with Crippen molar-refractivity contribution in [3.63, 3.8) is 0 Å². The summed E-state index contributed by atoms with van der Waals surface area (Å²) in [6.07, 6.45) is -4.58. The molecule has 3 nitrogen and oxygen atoms in total. The first-order valence-electron chi connectivity index (χ1n) is 6.69. The van der Waals surface area contributed by atoms with E-state index in [4.69, 9.17) is 0 Å². The molecule has 0 fully saturated rings. The number of aromatic nitrogens is 1. The number of nitrogens with zero attached hydrogens (tertiary/aromatic N) is 1. The zero-order valence-corrected chi connectivity index (χ0v) is 12.8. The van der Waals surface area contributed by atoms with E-state index in [1.807, 2.05) is 19.1 Å². The molecule has 0 radical (unpaired) electrons. The van der Waals surface area contributed by atoms with Crippen LogP contribution >= 0.6 is 11.3 Å². The van der Waals surface area contributed by atoms with Gasteiger partial charge < -0.3 is 0 Å². The molecule has 23 heavy (non-hydrogen) atoms. The van der Waals surface area contributed by atoms with Gasteiger partial charge in [0, 0.05) is 0 Å². The van der Waals surface area contributed by atoms with Crippen molar-refractivity contribution in [1.82, 2.24) is 4.98 Å². The van der Waals surface area contributed by atoms with Crippen LogP contribution in [0.5, 0.6) is 0 Å². The average Bonchev–Trinajstić information content (AvgIpc) is 2.87. The molecule has 0 bridgehead atoms. The summed E-state index contributed by atoms with van der Waals surface area (Å²) in [5.74, 6) is -0.825.